The molecule has 0 aliphatic rings. The molecule has 0 aromatic rings. The summed E-state index contributed by atoms with van der Waals surface area (Å²) in [5, 5.41) is 9.60. The zero-order valence-electron chi connectivity index (χ0n) is 34.3. The van der Waals surface area contributed by atoms with Crippen molar-refractivity contribution in [2.75, 3.05) is 19.8 Å². The summed E-state index contributed by atoms with van der Waals surface area (Å²) in [6.07, 6.45) is 61.0. The van der Waals surface area contributed by atoms with Crippen LogP contribution in [-0.4, -0.2) is 37.0 Å². The predicted octanol–water partition coefficient (Wildman–Crippen LogP) is 14.6. The Hall–Kier alpha value is -2.17. The van der Waals surface area contributed by atoms with Gasteiger partial charge in [0.25, 0.3) is 0 Å². The normalized spacial score (nSPS) is 13.1. The molecule has 1 N–H and O–H groups in total. The van der Waals surface area contributed by atoms with Crippen LogP contribution < -0.4 is 0 Å². The highest BCUT2D eigenvalue weighted by Crippen LogP contribution is 2.14. The minimum absolute atomic E-state index is 0.179. The smallest absolute Gasteiger partial charge is 0.306 e. The van der Waals surface area contributed by atoms with E-state index in [1.165, 1.54) is 109 Å². The van der Waals surface area contributed by atoms with Crippen molar-refractivity contribution in [2.45, 2.75) is 206 Å². The van der Waals surface area contributed by atoms with E-state index < -0.39 is 6.10 Å². The number of hydrogen-bond acceptors (Lipinski definition) is 4. The fraction of sp³-hybridized carbons (Fsp3) is 0.729. The molecule has 0 aliphatic heterocycles. The lowest BCUT2D eigenvalue weighted by Gasteiger charge is -2.16. The van der Waals surface area contributed by atoms with Crippen LogP contribution in [0.25, 0.3) is 0 Å². The molecule has 52 heavy (non-hydrogen) atoms. The van der Waals surface area contributed by atoms with Gasteiger partial charge >= 0.3 is 5.97 Å². The first-order valence-electron chi connectivity index (χ1n) is 22.0. The molecule has 0 rings (SSSR count). The first-order valence-corrected chi connectivity index (χ1v) is 22.0. The maximum atomic E-state index is 12.2. The van der Waals surface area contributed by atoms with Gasteiger partial charge < -0.3 is 14.6 Å². The molecule has 0 aromatic heterocycles. The van der Waals surface area contributed by atoms with Gasteiger partial charge in [0.05, 0.1) is 13.2 Å². The van der Waals surface area contributed by atoms with Crippen LogP contribution in [0.4, 0.5) is 0 Å². The van der Waals surface area contributed by atoms with E-state index in [1.807, 2.05) is 0 Å². The van der Waals surface area contributed by atoms with E-state index >= 15 is 0 Å². The second-order valence-electron chi connectivity index (χ2n) is 14.4. The van der Waals surface area contributed by atoms with E-state index in [9.17, 15) is 9.90 Å². The Labute approximate surface area is 323 Å². The molecule has 0 aromatic carbocycles. The van der Waals surface area contributed by atoms with E-state index in [1.54, 1.807) is 0 Å². The summed E-state index contributed by atoms with van der Waals surface area (Å²) in [4.78, 5) is 12.2. The highest BCUT2D eigenvalue weighted by atomic mass is 16.6. The molecule has 0 aliphatic carbocycles. The van der Waals surface area contributed by atoms with Crippen LogP contribution in [0.2, 0.25) is 0 Å². The van der Waals surface area contributed by atoms with Gasteiger partial charge in [-0.3, -0.25) is 4.79 Å². The third-order valence-electron chi connectivity index (χ3n) is 9.30. The zero-order valence-corrected chi connectivity index (χ0v) is 34.3. The number of carbonyl (C=O) groups excluding carboxylic acids is 1. The number of aliphatic hydroxyl groups is 1. The van der Waals surface area contributed by atoms with Crippen molar-refractivity contribution < 1.29 is 19.4 Å². The summed E-state index contributed by atoms with van der Waals surface area (Å²) in [6.45, 7) is 5.23. The van der Waals surface area contributed by atoms with Crippen LogP contribution in [0.15, 0.2) is 72.9 Å². The molecule has 0 saturated carbocycles. The third-order valence-corrected chi connectivity index (χ3v) is 9.30. The summed E-state index contributed by atoms with van der Waals surface area (Å²) in [7, 11) is 0. The van der Waals surface area contributed by atoms with E-state index in [2.05, 4.69) is 86.8 Å². The number of hydrogen-bond donors (Lipinski definition) is 1. The van der Waals surface area contributed by atoms with Crippen molar-refractivity contribution in [1.29, 1.82) is 0 Å². The lowest BCUT2D eigenvalue weighted by molar-refractivity contribution is -0.154. The van der Waals surface area contributed by atoms with E-state index in [0.29, 0.717) is 13.0 Å². The standard InChI is InChI=1S/C48H84O4/c1-3-5-7-9-11-13-15-17-19-20-21-22-23-24-25-26-27-28-29-31-33-35-37-39-41-43-48(50)52-47(45-49)46-51-44-42-40-38-36-34-32-30-18-16-14-12-10-8-6-4-2/h5,7,11,13,17,19,21-22,24-25,27-28,47,49H,3-4,6,8-10,12,14-16,18,20,23,26,29-46H2,1-2H3/b7-5-,13-11-,19-17-,22-21-,25-24-,28-27-. The highest BCUT2D eigenvalue weighted by Gasteiger charge is 2.13. The number of carbonyl (C=O) groups is 1. The molecule has 0 radical (unpaired) electrons. The Morgan fingerprint density at radius 1 is 0.481 bits per heavy atom. The average Bonchev–Trinajstić information content (AvgIpc) is 3.15. The minimum Gasteiger partial charge on any atom is -0.457 e. The van der Waals surface area contributed by atoms with Crippen molar-refractivity contribution in [2.24, 2.45) is 0 Å². The Balaban J connectivity index is 3.51. The molecule has 1 atom stereocenters. The quantitative estimate of drug-likeness (QED) is 0.0388. The molecule has 0 bridgehead atoms. The van der Waals surface area contributed by atoms with Crippen molar-refractivity contribution in [3.8, 4) is 0 Å². The second-order valence-corrected chi connectivity index (χ2v) is 14.4. The summed E-state index contributed by atoms with van der Waals surface area (Å²) in [5.41, 5.74) is 0. The fourth-order valence-corrected chi connectivity index (χ4v) is 6.04. The van der Waals surface area contributed by atoms with Gasteiger partial charge in [0, 0.05) is 13.0 Å². The van der Waals surface area contributed by atoms with Gasteiger partial charge in [-0.2, -0.15) is 0 Å². The number of rotatable bonds is 40. The SMILES string of the molecule is CC/C=C\C/C=C\C/C=C\C/C=C\C/C=C\C/C=C\CCCCCCCCC(=O)OC(CO)COCCCCCCCCCCCCCCCCC. The molecule has 0 saturated heterocycles. The Morgan fingerprint density at radius 2 is 0.865 bits per heavy atom. The second kappa shape index (κ2) is 45.0. The fourth-order valence-electron chi connectivity index (χ4n) is 6.04. The number of ether oxygens (including phenoxy) is 2. The van der Waals surface area contributed by atoms with Crippen molar-refractivity contribution in [1.82, 2.24) is 0 Å². The molecular formula is C48H84O4. The van der Waals surface area contributed by atoms with Gasteiger partial charge in [-0.25, -0.2) is 0 Å². The van der Waals surface area contributed by atoms with E-state index in [0.717, 1.165) is 70.6 Å². The predicted molar refractivity (Wildman–Crippen MR) is 228 cm³/mol. The Kier molecular flexibility index (Phi) is 43.1. The molecule has 4 heteroatoms. The highest BCUT2D eigenvalue weighted by molar-refractivity contribution is 5.69. The molecular weight excluding hydrogens is 641 g/mol. The number of aliphatic hydroxyl groups excluding tert-OH is 1. The summed E-state index contributed by atoms with van der Waals surface area (Å²) < 4.78 is 11.2. The first kappa shape index (κ1) is 49.8. The van der Waals surface area contributed by atoms with Gasteiger partial charge in [0.15, 0.2) is 0 Å². The largest absolute Gasteiger partial charge is 0.457 e. The topological polar surface area (TPSA) is 55.8 Å². The lowest BCUT2D eigenvalue weighted by atomic mass is 10.0. The maximum absolute atomic E-state index is 12.2. The number of allylic oxidation sites excluding steroid dienone is 12. The van der Waals surface area contributed by atoms with Gasteiger partial charge in [0.2, 0.25) is 0 Å². The molecule has 300 valence electrons. The van der Waals surface area contributed by atoms with Gasteiger partial charge in [-0.05, 0) is 64.2 Å². The van der Waals surface area contributed by atoms with Crippen molar-refractivity contribution in [3.63, 3.8) is 0 Å². The molecule has 0 spiro atoms. The van der Waals surface area contributed by atoms with Crippen LogP contribution in [0.1, 0.15) is 200 Å². The first-order chi connectivity index (χ1) is 25.7. The average molecular weight is 725 g/mol. The third kappa shape index (κ3) is 42.2. The summed E-state index contributed by atoms with van der Waals surface area (Å²) >= 11 is 0. The number of unbranched alkanes of at least 4 members (excludes halogenated alkanes) is 20. The monoisotopic (exact) mass is 725 g/mol. The Morgan fingerprint density at radius 3 is 1.31 bits per heavy atom. The molecule has 0 heterocycles. The van der Waals surface area contributed by atoms with Gasteiger partial charge in [-0.1, -0.05) is 202 Å². The summed E-state index contributed by atoms with van der Waals surface area (Å²) in [6, 6.07) is 0. The minimum atomic E-state index is -0.544. The number of esters is 1. The van der Waals surface area contributed by atoms with Crippen LogP contribution in [0.5, 0.6) is 0 Å². The van der Waals surface area contributed by atoms with Crippen LogP contribution in [0, 0.1) is 0 Å². The van der Waals surface area contributed by atoms with Crippen LogP contribution >= 0.6 is 0 Å². The van der Waals surface area contributed by atoms with Gasteiger partial charge in [0.1, 0.15) is 6.10 Å². The van der Waals surface area contributed by atoms with Crippen LogP contribution in [-0.2, 0) is 14.3 Å². The van der Waals surface area contributed by atoms with E-state index in [4.69, 9.17) is 9.47 Å². The zero-order chi connectivity index (χ0) is 37.7. The molecule has 0 amide bonds. The van der Waals surface area contributed by atoms with Crippen molar-refractivity contribution in [3.05, 3.63) is 72.9 Å². The van der Waals surface area contributed by atoms with Gasteiger partial charge in [-0.15, -0.1) is 0 Å². The van der Waals surface area contributed by atoms with Crippen LogP contribution in [0.3, 0.4) is 0 Å². The van der Waals surface area contributed by atoms with Crippen molar-refractivity contribution >= 4 is 5.97 Å². The Bertz CT molecular complexity index is 896. The maximum Gasteiger partial charge on any atom is 0.306 e. The van der Waals surface area contributed by atoms with E-state index in [-0.39, 0.29) is 19.2 Å². The summed E-state index contributed by atoms with van der Waals surface area (Å²) in [5.74, 6) is -0.215. The lowest BCUT2D eigenvalue weighted by Crippen LogP contribution is -2.27. The molecule has 4 nitrogen and oxygen atoms in total. The molecule has 0 fully saturated rings. The molecule has 1 unspecified atom stereocenters.